The minimum atomic E-state index is -0.334. The maximum absolute atomic E-state index is 11.4. The molecule has 2 aromatic rings. The molecule has 0 radical (unpaired) electrons. The van der Waals surface area contributed by atoms with Gasteiger partial charge in [0.1, 0.15) is 5.75 Å². The van der Waals surface area contributed by atoms with Crippen molar-refractivity contribution in [1.82, 2.24) is 4.98 Å². The largest absolute Gasteiger partial charge is 0.482 e. The number of aromatic nitrogens is 1. The Hall–Kier alpha value is -2.10. The molecule has 19 heavy (non-hydrogen) atoms. The predicted molar refractivity (Wildman–Crippen MR) is 73.1 cm³/mol. The van der Waals surface area contributed by atoms with Gasteiger partial charge in [0, 0.05) is 11.6 Å². The molecule has 1 aromatic carbocycles. The van der Waals surface area contributed by atoms with Crippen LogP contribution in [0.3, 0.4) is 0 Å². The van der Waals surface area contributed by atoms with E-state index in [4.69, 9.17) is 9.47 Å². The van der Waals surface area contributed by atoms with Crippen LogP contribution in [0.15, 0.2) is 36.5 Å². The number of pyridine rings is 1. The lowest BCUT2D eigenvalue weighted by atomic mass is 10.2. The molecular weight excluding hydrogens is 242 g/mol. The van der Waals surface area contributed by atoms with Crippen LogP contribution in [0.25, 0.3) is 10.9 Å². The van der Waals surface area contributed by atoms with Crippen LogP contribution in [0.1, 0.15) is 19.8 Å². The third-order valence-corrected chi connectivity index (χ3v) is 2.69. The van der Waals surface area contributed by atoms with Crippen LogP contribution < -0.4 is 4.74 Å². The lowest BCUT2D eigenvalue weighted by Crippen LogP contribution is -2.15. The van der Waals surface area contributed by atoms with Gasteiger partial charge in [-0.3, -0.25) is 4.98 Å². The molecule has 4 nitrogen and oxygen atoms in total. The third kappa shape index (κ3) is 3.95. The molecule has 1 aromatic heterocycles. The van der Waals surface area contributed by atoms with Gasteiger partial charge in [0.15, 0.2) is 6.61 Å². The Bertz CT molecular complexity index is 554. The molecule has 1 heterocycles. The summed E-state index contributed by atoms with van der Waals surface area (Å²) in [5, 5.41) is 0.986. The molecule has 0 N–H and O–H groups in total. The zero-order chi connectivity index (χ0) is 13.5. The van der Waals surface area contributed by atoms with E-state index in [9.17, 15) is 4.79 Å². The summed E-state index contributed by atoms with van der Waals surface area (Å²) < 4.78 is 10.4. The van der Waals surface area contributed by atoms with E-state index in [-0.39, 0.29) is 12.6 Å². The fourth-order valence-electron chi connectivity index (χ4n) is 1.66. The van der Waals surface area contributed by atoms with Crippen molar-refractivity contribution in [2.75, 3.05) is 13.2 Å². The van der Waals surface area contributed by atoms with E-state index in [1.165, 1.54) is 0 Å². The molecule has 4 heteroatoms. The van der Waals surface area contributed by atoms with Gasteiger partial charge in [0.25, 0.3) is 0 Å². The molecule has 0 saturated carbocycles. The molecule has 0 aliphatic rings. The second kappa shape index (κ2) is 6.73. The number of hydrogen-bond acceptors (Lipinski definition) is 4. The van der Waals surface area contributed by atoms with Gasteiger partial charge in [0.05, 0.1) is 12.1 Å². The van der Waals surface area contributed by atoms with Gasteiger partial charge < -0.3 is 9.47 Å². The number of fused-ring (bicyclic) bond motifs is 1. The summed E-state index contributed by atoms with van der Waals surface area (Å²) in [5.74, 6) is 0.313. The quantitative estimate of drug-likeness (QED) is 0.591. The molecule has 0 atom stereocenters. The Morgan fingerprint density at radius 2 is 2.21 bits per heavy atom. The van der Waals surface area contributed by atoms with Crippen LogP contribution in [-0.4, -0.2) is 24.2 Å². The van der Waals surface area contributed by atoms with Gasteiger partial charge >= 0.3 is 5.97 Å². The fourth-order valence-corrected chi connectivity index (χ4v) is 1.66. The van der Waals surface area contributed by atoms with E-state index in [1.54, 1.807) is 12.3 Å². The minimum Gasteiger partial charge on any atom is -0.482 e. The van der Waals surface area contributed by atoms with Crippen LogP contribution in [0, 0.1) is 0 Å². The van der Waals surface area contributed by atoms with Crippen LogP contribution in [0.5, 0.6) is 5.75 Å². The van der Waals surface area contributed by atoms with Crippen molar-refractivity contribution < 1.29 is 14.3 Å². The van der Waals surface area contributed by atoms with Crippen molar-refractivity contribution in [1.29, 1.82) is 0 Å². The number of hydrogen-bond donors (Lipinski definition) is 0. The highest BCUT2D eigenvalue weighted by molar-refractivity contribution is 5.80. The summed E-state index contributed by atoms with van der Waals surface area (Å²) >= 11 is 0. The minimum absolute atomic E-state index is 0.0600. The first-order valence-electron chi connectivity index (χ1n) is 6.43. The van der Waals surface area contributed by atoms with Crippen molar-refractivity contribution in [2.45, 2.75) is 19.8 Å². The summed E-state index contributed by atoms with van der Waals surface area (Å²) in [6.45, 7) is 2.45. The van der Waals surface area contributed by atoms with Crippen molar-refractivity contribution in [3.63, 3.8) is 0 Å². The first-order chi connectivity index (χ1) is 9.29. The summed E-state index contributed by atoms with van der Waals surface area (Å²) in [4.78, 5) is 15.6. The molecule has 0 unspecified atom stereocenters. The van der Waals surface area contributed by atoms with E-state index < -0.39 is 0 Å². The molecule has 0 spiro atoms. The van der Waals surface area contributed by atoms with Gasteiger partial charge in [-0.05, 0) is 30.7 Å². The van der Waals surface area contributed by atoms with Crippen LogP contribution in [0.2, 0.25) is 0 Å². The van der Waals surface area contributed by atoms with Gasteiger partial charge in [-0.2, -0.15) is 0 Å². The number of esters is 1. The average molecular weight is 259 g/mol. The summed E-state index contributed by atoms with van der Waals surface area (Å²) in [6, 6.07) is 9.35. The highest BCUT2D eigenvalue weighted by Gasteiger charge is 2.04. The molecule has 0 saturated heterocycles. The van der Waals surface area contributed by atoms with Crippen molar-refractivity contribution in [2.24, 2.45) is 0 Å². The Balaban J connectivity index is 1.89. The number of carbonyl (C=O) groups is 1. The monoisotopic (exact) mass is 259 g/mol. The molecule has 0 aliphatic carbocycles. The Morgan fingerprint density at radius 1 is 1.32 bits per heavy atom. The average Bonchev–Trinajstić information content (AvgIpc) is 2.45. The van der Waals surface area contributed by atoms with Crippen molar-refractivity contribution >= 4 is 16.9 Å². The first-order valence-corrected chi connectivity index (χ1v) is 6.43. The van der Waals surface area contributed by atoms with E-state index >= 15 is 0 Å². The van der Waals surface area contributed by atoms with Crippen molar-refractivity contribution in [3.05, 3.63) is 36.5 Å². The van der Waals surface area contributed by atoms with E-state index in [1.807, 2.05) is 31.2 Å². The lowest BCUT2D eigenvalue weighted by molar-refractivity contribution is -0.146. The summed E-state index contributed by atoms with van der Waals surface area (Å²) in [6.07, 6.45) is 3.63. The maximum atomic E-state index is 11.4. The number of ether oxygens (including phenoxy) is 2. The lowest BCUT2D eigenvalue weighted by Gasteiger charge is -2.07. The second-order valence-corrected chi connectivity index (χ2v) is 4.22. The molecule has 2 rings (SSSR count). The fraction of sp³-hybridized carbons (Fsp3) is 0.333. The normalized spacial score (nSPS) is 10.4. The highest BCUT2D eigenvalue weighted by atomic mass is 16.6. The Morgan fingerprint density at radius 3 is 3.05 bits per heavy atom. The van der Waals surface area contributed by atoms with Gasteiger partial charge in [-0.1, -0.05) is 19.4 Å². The summed E-state index contributed by atoms with van der Waals surface area (Å²) in [7, 11) is 0. The molecule has 0 aliphatic heterocycles. The highest BCUT2D eigenvalue weighted by Crippen LogP contribution is 2.18. The zero-order valence-electron chi connectivity index (χ0n) is 11.0. The Labute approximate surface area is 112 Å². The van der Waals surface area contributed by atoms with E-state index in [2.05, 4.69) is 4.98 Å². The van der Waals surface area contributed by atoms with Crippen molar-refractivity contribution in [3.8, 4) is 5.75 Å². The standard InChI is InChI=1S/C15H17NO3/c1-2-3-9-18-15(17)11-19-13-6-7-14-12(10-13)5-4-8-16-14/h4-8,10H,2-3,9,11H2,1H3. The first kappa shape index (κ1) is 13.3. The van der Waals surface area contributed by atoms with E-state index in [0.29, 0.717) is 12.4 Å². The SMILES string of the molecule is CCCCOC(=O)COc1ccc2ncccc2c1. The number of rotatable bonds is 6. The van der Waals surface area contributed by atoms with Crippen LogP contribution >= 0.6 is 0 Å². The molecule has 0 fully saturated rings. The third-order valence-electron chi connectivity index (χ3n) is 2.69. The number of nitrogens with zero attached hydrogens (tertiary/aromatic N) is 1. The molecule has 0 amide bonds. The Kier molecular flexibility index (Phi) is 4.72. The smallest absolute Gasteiger partial charge is 0.344 e. The predicted octanol–water partition coefficient (Wildman–Crippen LogP) is 2.96. The van der Waals surface area contributed by atoms with Gasteiger partial charge in [-0.15, -0.1) is 0 Å². The van der Waals surface area contributed by atoms with Crippen LogP contribution in [0.4, 0.5) is 0 Å². The number of benzene rings is 1. The molecule has 100 valence electrons. The molecular formula is C15H17NO3. The van der Waals surface area contributed by atoms with Gasteiger partial charge in [0.2, 0.25) is 0 Å². The topological polar surface area (TPSA) is 48.4 Å². The number of carbonyl (C=O) groups excluding carboxylic acids is 1. The maximum Gasteiger partial charge on any atom is 0.344 e. The number of unbranched alkanes of at least 4 members (excludes halogenated alkanes) is 1. The van der Waals surface area contributed by atoms with Gasteiger partial charge in [-0.25, -0.2) is 4.79 Å². The van der Waals surface area contributed by atoms with E-state index in [0.717, 1.165) is 23.7 Å². The zero-order valence-corrected chi connectivity index (χ0v) is 11.0. The summed E-state index contributed by atoms with van der Waals surface area (Å²) in [5.41, 5.74) is 0.903. The van der Waals surface area contributed by atoms with Crippen LogP contribution in [-0.2, 0) is 9.53 Å². The molecule has 0 bridgehead atoms. The second-order valence-electron chi connectivity index (χ2n) is 4.22.